The second-order valence-corrected chi connectivity index (χ2v) is 6.32. The Labute approximate surface area is 125 Å². The maximum atomic E-state index is 12.5. The van der Waals surface area contributed by atoms with Gasteiger partial charge in [-0.05, 0) is 12.8 Å². The lowest BCUT2D eigenvalue weighted by atomic mass is 9.73. The molecule has 0 bridgehead atoms. The van der Waals surface area contributed by atoms with Crippen molar-refractivity contribution in [2.75, 3.05) is 13.1 Å². The summed E-state index contributed by atoms with van der Waals surface area (Å²) in [5.74, 6) is 0.112. The molecular weight excluding hydrogens is 248 g/mol. The van der Waals surface area contributed by atoms with Gasteiger partial charge in [0.25, 0.3) is 0 Å². The number of carbonyl (C=O) groups excluding carboxylic acids is 1. The Balaban J connectivity index is 4.08. The second-order valence-electron chi connectivity index (χ2n) is 6.32. The van der Waals surface area contributed by atoms with E-state index in [0.717, 1.165) is 19.3 Å². The fourth-order valence-electron chi connectivity index (χ4n) is 2.75. The summed E-state index contributed by atoms with van der Waals surface area (Å²) >= 11 is 0. The molecule has 0 aliphatic carbocycles. The highest BCUT2D eigenvalue weighted by molar-refractivity contribution is 5.87. The van der Waals surface area contributed by atoms with Gasteiger partial charge < -0.3 is 11.5 Å². The molecule has 0 aromatic heterocycles. The largest absolute Gasteiger partial charge is 0.330 e. The lowest BCUT2D eigenvalue weighted by molar-refractivity contribution is -0.132. The minimum Gasteiger partial charge on any atom is -0.330 e. The molecule has 0 aliphatic rings. The first kappa shape index (κ1) is 19.6. The van der Waals surface area contributed by atoms with Crippen molar-refractivity contribution >= 4 is 5.78 Å². The summed E-state index contributed by atoms with van der Waals surface area (Å²) in [6, 6.07) is 0. The summed E-state index contributed by atoms with van der Waals surface area (Å²) in [4.78, 5) is 12.5. The maximum absolute atomic E-state index is 12.5. The van der Waals surface area contributed by atoms with Crippen molar-refractivity contribution in [1.82, 2.24) is 0 Å². The monoisotopic (exact) mass is 284 g/mol. The molecule has 0 radical (unpaired) electrons. The van der Waals surface area contributed by atoms with Crippen LogP contribution in [0.25, 0.3) is 0 Å². The van der Waals surface area contributed by atoms with Gasteiger partial charge in [-0.3, -0.25) is 4.79 Å². The Hall–Kier alpha value is -0.410. The van der Waals surface area contributed by atoms with Crippen LogP contribution in [0.4, 0.5) is 0 Å². The molecule has 3 nitrogen and oxygen atoms in total. The van der Waals surface area contributed by atoms with Crippen molar-refractivity contribution in [2.45, 2.75) is 78.6 Å². The summed E-state index contributed by atoms with van der Waals surface area (Å²) < 4.78 is 0. The molecule has 20 heavy (non-hydrogen) atoms. The first-order valence-electron chi connectivity index (χ1n) is 8.50. The van der Waals surface area contributed by atoms with E-state index < -0.39 is 0 Å². The smallest absolute Gasteiger partial charge is 0.144 e. The average molecular weight is 284 g/mol. The minimum atomic E-state index is -0.229. The van der Waals surface area contributed by atoms with Crippen LogP contribution in [0.3, 0.4) is 0 Å². The highest BCUT2D eigenvalue weighted by Gasteiger charge is 2.34. The van der Waals surface area contributed by atoms with Crippen molar-refractivity contribution < 1.29 is 4.79 Å². The molecule has 1 atom stereocenters. The Bertz CT molecular complexity index is 251. The topological polar surface area (TPSA) is 69.1 Å². The predicted molar refractivity (Wildman–Crippen MR) is 87.6 cm³/mol. The third-order valence-corrected chi connectivity index (χ3v) is 4.65. The first-order chi connectivity index (χ1) is 9.55. The van der Waals surface area contributed by atoms with E-state index in [1.54, 1.807) is 0 Å². The van der Waals surface area contributed by atoms with E-state index in [0.29, 0.717) is 13.1 Å². The van der Waals surface area contributed by atoms with Gasteiger partial charge in [0, 0.05) is 24.4 Å². The molecule has 4 N–H and O–H groups in total. The molecule has 0 aliphatic heterocycles. The summed E-state index contributed by atoms with van der Waals surface area (Å²) in [6.45, 7) is 7.18. The Morgan fingerprint density at radius 3 is 1.90 bits per heavy atom. The summed E-state index contributed by atoms with van der Waals surface area (Å²) in [5, 5.41) is 0. The van der Waals surface area contributed by atoms with Crippen LogP contribution in [-0.4, -0.2) is 18.9 Å². The van der Waals surface area contributed by atoms with Crippen LogP contribution < -0.4 is 11.5 Å². The van der Waals surface area contributed by atoms with E-state index >= 15 is 0 Å². The summed E-state index contributed by atoms with van der Waals surface area (Å²) in [6.07, 6.45) is 10.9. The number of unbranched alkanes of at least 4 members (excludes halogenated alkanes) is 6. The van der Waals surface area contributed by atoms with Crippen molar-refractivity contribution in [3.63, 3.8) is 0 Å². The van der Waals surface area contributed by atoms with E-state index in [2.05, 4.69) is 20.8 Å². The van der Waals surface area contributed by atoms with Crippen LogP contribution in [0.15, 0.2) is 0 Å². The van der Waals surface area contributed by atoms with Crippen molar-refractivity contribution in [3.8, 4) is 0 Å². The van der Waals surface area contributed by atoms with Gasteiger partial charge in [0.15, 0.2) is 0 Å². The zero-order valence-electron chi connectivity index (χ0n) is 13.9. The SMILES string of the molecule is CCCCCCCCCC(C)(CC)C(=O)C(CN)CN. The molecule has 3 heteroatoms. The fourth-order valence-corrected chi connectivity index (χ4v) is 2.75. The van der Waals surface area contributed by atoms with Gasteiger partial charge in [-0.25, -0.2) is 0 Å². The van der Waals surface area contributed by atoms with E-state index in [-0.39, 0.29) is 17.1 Å². The van der Waals surface area contributed by atoms with E-state index in [1.807, 2.05) is 0 Å². The van der Waals surface area contributed by atoms with Gasteiger partial charge >= 0.3 is 0 Å². The number of carbonyl (C=O) groups is 1. The van der Waals surface area contributed by atoms with E-state index in [1.165, 1.54) is 38.5 Å². The Kier molecular flexibility index (Phi) is 11.0. The van der Waals surface area contributed by atoms with Crippen LogP contribution in [0.5, 0.6) is 0 Å². The third-order valence-electron chi connectivity index (χ3n) is 4.65. The van der Waals surface area contributed by atoms with Gasteiger partial charge in [0.1, 0.15) is 5.78 Å². The number of rotatable bonds is 13. The van der Waals surface area contributed by atoms with Crippen LogP contribution >= 0.6 is 0 Å². The number of ketones is 1. The van der Waals surface area contributed by atoms with Crippen molar-refractivity contribution in [1.29, 1.82) is 0 Å². The normalized spacial score (nSPS) is 14.5. The van der Waals surface area contributed by atoms with Crippen LogP contribution in [-0.2, 0) is 4.79 Å². The Morgan fingerprint density at radius 2 is 1.45 bits per heavy atom. The molecule has 0 saturated carbocycles. The van der Waals surface area contributed by atoms with Crippen molar-refractivity contribution in [3.05, 3.63) is 0 Å². The molecule has 120 valence electrons. The minimum absolute atomic E-state index is 0.162. The van der Waals surface area contributed by atoms with E-state index in [4.69, 9.17) is 11.5 Å². The first-order valence-corrected chi connectivity index (χ1v) is 8.50. The van der Waals surface area contributed by atoms with Gasteiger partial charge in [0.05, 0.1) is 0 Å². The summed E-state index contributed by atoms with van der Waals surface area (Å²) in [7, 11) is 0. The molecule has 0 saturated heterocycles. The van der Waals surface area contributed by atoms with E-state index in [9.17, 15) is 4.79 Å². The molecule has 1 unspecified atom stereocenters. The number of hydrogen-bond acceptors (Lipinski definition) is 3. The fraction of sp³-hybridized carbons (Fsp3) is 0.941. The quantitative estimate of drug-likeness (QED) is 0.507. The molecule has 0 heterocycles. The molecular formula is C17H36N2O. The third kappa shape index (κ3) is 6.85. The zero-order chi connectivity index (χ0) is 15.4. The van der Waals surface area contributed by atoms with Gasteiger partial charge in [-0.2, -0.15) is 0 Å². The number of Topliss-reactive ketones (excluding diaryl/α,β-unsaturated/α-hetero) is 1. The molecule has 0 amide bonds. The number of hydrogen-bond donors (Lipinski definition) is 2. The van der Waals surface area contributed by atoms with Crippen LogP contribution in [0.2, 0.25) is 0 Å². The highest BCUT2D eigenvalue weighted by Crippen LogP contribution is 2.32. The molecule has 0 spiro atoms. The molecule has 0 aromatic rings. The van der Waals surface area contributed by atoms with Gasteiger partial charge in [-0.15, -0.1) is 0 Å². The van der Waals surface area contributed by atoms with Gasteiger partial charge in [0.2, 0.25) is 0 Å². The number of nitrogens with two attached hydrogens (primary N) is 2. The Morgan fingerprint density at radius 1 is 0.950 bits per heavy atom. The highest BCUT2D eigenvalue weighted by atomic mass is 16.1. The average Bonchev–Trinajstić information content (AvgIpc) is 2.47. The lowest BCUT2D eigenvalue weighted by Crippen LogP contribution is -2.40. The molecule has 0 fully saturated rings. The second kappa shape index (κ2) is 11.3. The van der Waals surface area contributed by atoms with Crippen LogP contribution in [0.1, 0.15) is 78.6 Å². The zero-order valence-corrected chi connectivity index (χ0v) is 13.9. The standard InChI is InChI=1S/C17H36N2O/c1-4-6-7-8-9-10-11-12-17(3,5-2)16(20)15(13-18)14-19/h15H,4-14,18-19H2,1-3H3. The van der Waals surface area contributed by atoms with Crippen molar-refractivity contribution in [2.24, 2.45) is 22.8 Å². The predicted octanol–water partition coefficient (Wildman–Crippen LogP) is 3.65. The molecule has 0 rings (SSSR count). The van der Waals surface area contributed by atoms with Gasteiger partial charge in [-0.1, -0.05) is 65.7 Å². The molecule has 0 aromatic carbocycles. The van der Waals surface area contributed by atoms with Crippen LogP contribution in [0, 0.1) is 11.3 Å². The lowest BCUT2D eigenvalue weighted by Gasteiger charge is -2.30. The summed E-state index contributed by atoms with van der Waals surface area (Å²) in [5.41, 5.74) is 11.1. The maximum Gasteiger partial charge on any atom is 0.144 e.